The first-order valence-corrected chi connectivity index (χ1v) is 8.22. The summed E-state index contributed by atoms with van der Waals surface area (Å²) in [6, 6.07) is 0. The number of amides is 1. The SMILES string of the molecule is CC(C)(C)OC(=O)N1CCC(OCCCCCCN)CC1. The van der Waals surface area contributed by atoms with Gasteiger partial charge in [0.05, 0.1) is 6.10 Å². The number of rotatable bonds is 7. The Bertz CT molecular complexity index is 294. The molecule has 5 nitrogen and oxygen atoms in total. The lowest BCUT2D eigenvalue weighted by atomic mass is 10.1. The van der Waals surface area contributed by atoms with Crippen LogP contribution in [-0.2, 0) is 9.47 Å². The number of ether oxygens (including phenoxy) is 2. The van der Waals surface area contributed by atoms with Crippen molar-refractivity contribution in [2.45, 2.75) is 71.0 Å². The topological polar surface area (TPSA) is 64.8 Å². The van der Waals surface area contributed by atoms with Gasteiger partial charge in [-0.2, -0.15) is 0 Å². The molecule has 1 aliphatic heterocycles. The van der Waals surface area contributed by atoms with Crippen LogP contribution in [0.3, 0.4) is 0 Å². The molecule has 2 N–H and O–H groups in total. The fourth-order valence-electron chi connectivity index (χ4n) is 2.38. The molecule has 0 spiro atoms. The second kappa shape index (κ2) is 9.26. The molecule has 1 heterocycles. The predicted octanol–water partition coefficient (Wildman–Crippen LogP) is 2.92. The maximum Gasteiger partial charge on any atom is 0.410 e. The molecule has 0 aliphatic carbocycles. The molecule has 1 saturated heterocycles. The van der Waals surface area contributed by atoms with Crippen LogP contribution in [0.4, 0.5) is 4.79 Å². The molecule has 0 atom stereocenters. The number of hydrogen-bond donors (Lipinski definition) is 1. The smallest absolute Gasteiger partial charge is 0.410 e. The molecule has 0 aromatic carbocycles. The molecule has 0 saturated carbocycles. The highest BCUT2D eigenvalue weighted by Gasteiger charge is 2.26. The van der Waals surface area contributed by atoms with Gasteiger partial charge in [0.2, 0.25) is 0 Å². The highest BCUT2D eigenvalue weighted by Crippen LogP contribution is 2.17. The van der Waals surface area contributed by atoms with Gasteiger partial charge in [0, 0.05) is 19.7 Å². The van der Waals surface area contributed by atoms with Crippen molar-refractivity contribution >= 4 is 6.09 Å². The average molecular weight is 300 g/mol. The Morgan fingerprint density at radius 2 is 1.76 bits per heavy atom. The fraction of sp³-hybridized carbons (Fsp3) is 0.938. The molecule has 0 radical (unpaired) electrons. The van der Waals surface area contributed by atoms with Crippen molar-refractivity contribution in [2.24, 2.45) is 5.73 Å². The third-order valence-electron chi connectivity index (χ3n) is 3.55. The van der Waals surface area contributed by atoms with Crippen LogP contribution >= 0.6 is 0 Å². The number of nitrogens with zero attached hydrogens (tertiary/aromatic N) is 1. The number of unbranched alkanes of at least 4 members (excludes halogenated alkanes) is 3. The second-order valence-corrected chi connectivity index (χ2v) is 6.74. The van der Waals surface area contributed by atoms with Gasteiger partial charge in [0.1, 0.15) is 5.60 Å². The van der Waals surface area contributed by atoms with Crippen molar-refractivity contribution < 1.29 is 14.3 Å². The lowest BCUT2D eigenvalue weighted by molar-refractivity contribution is -0.0121. The third kappa shape index (κ3) is 8.27. The molecular weight excluding hydrogens is 268 g/mol. The van der Waals surface area contributed by atoms with Gasteiger partial charge in [0.25, 0.3) is 0 Å². The van der Waals surface area contributed by atoms with E-state index < -0.39 is 5.60 Å². The summed E-state index contributed by atoms with van der Waals surface area (Å²) >= 11 is 0. The summed E-state index contributed by atoms with van der Waals surface area (Å²) < 4.78 is 11.3. The maximum atomic E-state index is 11.9. The maximum absolute atomic E-state index is 11.9. The predicted molar refractivity (Wildman–Crippen MR) is 84.3 cm³/mol. The van der Waals surface area contributed by atoms with E-state index in [1.165, 1.54) is 12.8 Å². The fourth-order valence-corrected chi connectivity index (χ4v) is 2.38. The Balaban J connectivity index is 2.10. The summed E-state index contributed by atoms with van der Waals surface area (Å²) in [5.41, 5.74) is 5.04. The van der Waals surface area contributed by atoms with Crippen molar-refractivity contribution in [3.8, 4) is 0 Å². The summed E-state index contributed by atoms with van der Waals surface area (Å²) in [7, 11) is 0. The molecule has 5 heteroatoms. The Kier molecular flexibility index (Phi) is 8.04. The van der Waals surface area contributed by atoms with Crippen LogP contribution in [0.25, 0.3) is 0 Å². The van der Waals surface area contributed by atoms with E-state index in [2.05, 4.69) is 0 Å². The number of piperidine rings is 1. The van der Waals surface area contributed by atoms with Crippen LogP contribution in [0.5, 0.6) is 0 Å². The summed E-state index contributed by atoms with van der Waals surface area (Å²) in [6.45, 7) is 8.74. The zero-order valence-electron chi connectivity index (χ0n) is 13.9. The molecule has 124 valence electrons. The molecule has 21 heavy (non-hydrogen) atoms. The number of hydrogen-bond acceptors (Lipinski definition) is 4. The molecule has 1 fully saturated rings. The third-order valence-corrected chi connectivity index (χ3v) is 3.55. The van der Waals surface area contributed by atoms with Crippen LogP contribution in [0, 0.1) is 0 Å². The van der Waals surface area contributed by atoms with E-state index in [0.29, 0.717) is 0 Å². The van der Waals surface area contributed by atoms with Gasteiger partial charge in [-0.15, -0.1) is 0 Å². The minimum Gasteiger partial charge on any atom is -0.444 e. The van der Waals surface area contributed by atoms with Gasteiger partial charge >= 0.3 is 6.09 Å². The van der Waals surface area contributed by atoms with E-state index in [1.54, 1.807) is 4.90 Å². The van der Waals surface area contributed by atoms with E-state index in [4.69, 9.17) is 15.2 Å². The lowest BCUT2D eigenvalue weighted by Crippen LogP contribution is -2.43. The van der Waals surface area contributed by atoms with Gasteiger partial charge in [-0.3, -0.25) is 0 Å². The molecule has 1 rings (SSSR count). The zero-order chi connectivity index (χ0) is 15.7. The normalized spacial score (nSPS) is 17.0. The van der Waals surface area contributed by atoms with Crippen molar-refractivity contribution in [1.82, 2.24) is 4.90 Å². The van der Waals surface area contributed by atoms with Crippen molar-refractivity contribution in [1.29, 1.82) is 0 Å². The lowest BCUT2D eigenvalue weighted by Gasteiger charge is -2.33. The molecule has 1 amide bonds. The first-order valence-electron chi connectivity index (χ1n) is 8.22. The minimum absolute atomic E-state index is 0.206. The summed E-state index contributed by atoms with van der Waals surface area (Å²) in [5.74, 6) is 0. The van der Waals surface area contributed by atoms with E-state index in [1.807, 2.05) is 20.8 Å². The van der Waals surface area contributed by atoms with Gasteiger partial charge < -0.3 is 20.1 Å². The molecule has 0 aromatic rings. The van der Waals surface area contributed by atoms with Gasteiger partial charge in [0.15, 0.2) is 0 Å². The largest absolute Gasteiger partial charge is 0.444 e. The molecule has 0 unspecified atom stereocenters. The molecule has 1 aliphatic rings. The number of carbonyl (C=O) groups excluding carboxylic acids is 1. The Morgan fingerprint density at radius 3 is 2.33 bits per heavy atom. The van der Waals surface area contributed by atoms with Crippen LogP contribution in [-0.4, -0.2) is 48.9 Å². The standard InChI is InChI=1S/C16H32N2O3/c1-16(2,3)21-15(19)18-11-8-14(9-12-18)20-13-7-5-4-6-10-17/h14H,4-13,17H2,1-3H3. The number of nitrogens with two attached hydrogens (primary N) is 1. The summed E-state index contributed by atoms with van der Waals surface area (Å²) in [4.78, 5) is 13.7. The molecule has 0 bridgehead atoms. The first-order chi connectivity index (χ1) is 9.92. The van der Waals surface area contributed by atoms with E-state index in [-0.39, 0.29) is 12.2 Å². The average Bonchev–Trinajstić information content (AvgIpc) is 2.41. The van der Waals surface area contributed by atoms with Gasteiger partial charge in [-0.1, -0.05) is 12.8 Å². The van der Waals surface area contributed by atoms with E-state index in [9.17, 15) is 4.79 Å². The molecule has 0 aromatic heterocycles. The Morgan fingerprint density at radius 1 is 1.14 bits per heavy atom. The van der Waals surface area contributed by atoms with Gasteiger partial charge in [-0.05, 0) is 53.0 Å². The zero-order valence-corrected chi connectivity index (χ0v) is 13.9. The Labute approximate surface area is 129 Å². The Hall–Kier alpha value is -0.810. The second-order valence-electron chi connectivity index (χ2n) is 6.74. The van der Waals surface area contributed by atoms with Crippen LogP contribution in [0.1, 0.15) is 59.3 Å². The number of likely N-dealkylation sites (tertiary alicyclic amines) is 1. The van der Waals surface area contributed by atoms with Crippen molar-refractivity contribution in [3.63, 3.8) is 0 Å². The van der Waals surface area contributed by atoms with Crippen LogP contribution in [0.15, 0.2) is 0 Å². The minimum atomic E-state index is -0.423. The summed E-state index contributed by atoms with van der Waals surface area (Å²) in [5, 5.41) is 0. The van der Waals surface area contributed by atoms with Crippen LogP contribution < -0.4 is 5.73 Å². The number of carbonyl (C=O) groups is 1. The molecular formula is C16H32N2O3. The van der Waals surface area contributed by atoms with Crippen molar-refractivity contribution in [2.75, 3.05) is 26.2 Å². The quantitative estimate of drug-likeness (QED) is 0.734. The van der Waals surface area contributed by atoms with E-state index in [0.717, 1.165) is 51.9 Å². The highest BCUT2D eigenvalue weighted by atomic mass is 16.6. The monoisotopic (exact) mass is 300 g/mol. The highest BCUT2D eigenvalue weighted by molar-refractivity contribution is 5.68. The van der Waals surface area contributed by atoms with Crippen LogP contribution in [0.2, 0.25) is 0 Å². The van der Waals surface area contributed by atoms with Crippen molar-refractivity contribution in [3.05, 3.63) is 0 Å². The first kappa shape index (κ1) is 18.2. The van der Waals surface area contributed by atoms with Gasteiger partial charge in [-0.25, -0.2) is 4.79 Å². The van der Waals surface area contributed by atoms with E-state index >= 15 is 0 Å². The summed E-state index contributed by atoms with van der Waals surface area (Å²) in [6.07, 6.45) is 6.48.